The summed E-state index contributed by atoms with van der Waals surface area (Å²) in [7, 11) is 0. The maximum absolute atomic E-state index is 9.64. The van der Waals surface area contributed by atoms with Gasteiger partial charge in [0.25, 0.3) is 0 Å². The van der Waals surface area contributed by atoms with Gasteiger partial charge < -0.3 is 9.84 Å². The molecule has 0 atom stereocenters. The molecular weight excluding hydrogens is 282 g/mol. The average molecular weight is 310 g/mol. The number of ether oxygens (including phenoxy) is 1. The molecule has 0 heterocycles. The summed E-state index contributed by atoms with van der Waals surface area (Å²) in [5.41, 5.74) is 1.08. The van der Waals surface area contributed by atoms with Crippen molar-refractivity contribution in [3.05, 3.63) is 29.8 Å². The fraction of sp³-hybridized carbons (Fsp3) is 0.647. The van der Waals surface area contributed by atoms with Crippen LogP contribution in [0.2, 0.25) is 0 Å². The van der Waals surface area contributed by atoms with Gasteiger partial charge in [-0.25, -0.2) is 0 Å². The summed E-state index contributed by atoms with van der Waals surface area (Å²) in [6.45, 7) is 3.81. The zero-order valence-corrected chi connectivity index (χ0v) is 18.2. The van der Waals surface area contributed by atoms with E-state index < -0.39 is 0 Å². The fourth-order valence-electron chi connectivity index (χ4n) is 2.27. The van der Waals surface area contributed by atoms with Gasteiger partial charge in [-0.05, 0) is 37.8 Å². The number of rotatable bonds is 11. The third-order valence-corrected chi connectivity index (χ3v) is 3.43. The van der Waals surface area contributed by atoms with E-state index in [-0.39, 0.29) is 59.1 Å². The minimum atomic E-state index is 0. The molecular formula is C17H28Na2O2. The van der Waals surface area contributed by atoms with Crippen molar-refractivity contribution >= 4 is 59.1 Å². The normalized spacial score (nSPS) is 9.76. The Morgan fingerprint density at radius 2 is 1.43 bits per heavy atom. The Hall–Kier alpha value is 0.980. The molecule has 21 heavy (non-hydrogen) atoms. The molecule has 4 heteroatoms. The van der Waals surface area contributed by atoms with Gasteiger partial charge in [-0.3, -0.25) is 0 Å². The van der Waals surface area contributed by atoms with E-state index in [1.807, 2.05) is 25.1 Å². The zero-order valence-electron chi connectivity index (χ0n) is 14.2. The number of hydrogen-bond acceptors (Lipinski definition) is 2. The molecule has 0 saturated carbocycles. The second-order valence-electron chi connectivity index (χ2n) is 5.05. The molecule has 0 fully saturated rings. The maximum Gasteiger partial charge on any atom is 0.118 e. The first-order chi connectivity index (χ1) is 9.34. The summed E-state index contributed by atoms with van der Waals surface area (Å²) in [4.78, 5) is 0. The van der Waals surface area contributed by atoms with E-state index in [2.05, 4.69) is 0 Å². The van der Waals surface area contributed by atoms with Crippen molar-refractivity contribution in [2.45, 2.75) is 58.3 Å². The summed E-state index contributed by atoms with van der Waals surface area (Å²) in [5, 5.41) is 9.64. The van der Waals surface area contributed by atoms with Gasteiger partial charge in [0.1, 0.15) is 5.75 Å². The number of unbranched alkanes of at least 4 members (excludes halogenated alkanes) is 6. The molecule has 0 bridgehead atoms. The van der Waals surface area contributed by atoms with Crippen LogP contribution in [0.5, 0.6) is 5.75 Å². The minimum Gasteiger partial charge on any atom is -0.508 e. The van der Waals surface area contributed by atoms with Crippen LogP contribution in [-0.4, -0.2) is 77.4 Å². The predicted octanol–water partition coefficient (Wildman–Crippen LogP) is 3.94. The number of phenols is 1. The Morgan fingerprint density at radius 3 is 2.05 bits per heavy atom. The molecule has 0 aliphatic carbocycles. The number of phenolic OH excluding ortho intramolecular Hbond substituents is 1. The van der Waals surface area contributed by atoms with Gasteiger partial charge in [-0.1, -0.05) is 50.3 Å². The molecule has 1 rings (SSSR count). The number of aromatic hydroxyl groups is 1. The quantitative estimate of drug-likeness (QED) is 0.495. The minimum absolute atomic E-state index is 0. The van der Waals surface area contributed by atoms with E-state index >= 15 is 0 Å². The van der Waals surface area contributed by atoms with Crippen LogP contribution < -0.4 is 0 Å². The van der Waals surface area contributed by atoms with Gasteiger partial charge in [0.05, 0.1) is 0 Å². The van der Waals surface area contributed by atoms with Crippen molar-refractivity contribution in [2.24, 2.45) is 0 Å². The average Bonchev–Trinajstić information content (AvgIpc) is 2.43. The molecule has 2 nitrogen and oxygen atoms in total. The molecule has 0 aromatic heterocycles. The standard InChI is InChI=1S/C17H28O2.2Na/c1-2-19-15-11-7-5-3-4-6-8-12-16-13-9-10-14-17(16)18;;/h9-10,13-14,18H,2-8,11-12,15H2,1H3;;. The first kappa shape index (κ1) is 24.2. The molecule has 1 aromatic rings. The molecule has 0 amide bonds. The number of aryl methyl sites for hydroxylation is 1. The van der Waals surface area contributed by atoms with Crippen molar-refractivity contribution < 1.29 is 9.84 Å². The molecule has 110 valence electrons. The summed E-state index contributed by atoms with van der Waals surface area (Å²) in [5.74, 6) is 0.443. The Morgan fingerprint density at radius 1 is 0.857 bits per heavy atom. The van der Waals surface area contributed by atoms with Crippen LogP contribution in [0.1, 0.15) is 57.4 Å². The zero-order chi connectivity index (χ0) is 13.8. The van der Waals surface area contributed by atoms with Crippen molar-refractivity contribution in [1.29, 1.82) is 0 Å². The summed E-state index contributed by atoms with van der Waals surface area (Å²) in [6, 6.07) is 7.66. The maximum atomic E-state index is 9.64. The second kappa shape index (κ2) is 17.3. The van der Waals surface area contributed by atoms with E-state index in [4.69, 9.17) is 4.74 Å². The fourth-order valence-corrected chi connectivity index (χ4v) is 2.27. The van der Waals surface area contributed by atoms with Crippen molar-refractivity contribution in [3.8, 4) is 5.75 Å². The SMILES string of the molecule is CCOCCCCCCCCCc1ccccc1O.[Na].[Na]. The molecule has 0 aliphatic heterocycles. The van der Waals surface area contributed by atoms with Gasteiger partial charge in [-0.15, -0.1) is 0 Å². The summed E-state index contributed by atoms with van der Waals surface area (Å²) in [6.07, 6.45) is 9.89. The third-order valence-electron chi connectivity index (χ3n) is 3.43. The van der Waals surface area contributed by atoms with Gasteiger partial charge in [0.15, 0.2) is 0 Å². The largest absolute Gasteiger partial charge is 0.508 e. The van der Waals surface area contributed by atoms with E-state index in [0.29, 0.717) is 5.75 Å². The van der Waals surface area contributed by atoms with Gasteiger partial charge in [-0.2, -0.15) is 0 Å². The molecule has 2 radical (unpaired) electrons. The Kier molecular flexibility index (Phi) is 20.0. The van der Waals surface area contributed by atoms with Crippen LogP contribution >= 0.6 is 0 Å². The Labute approximate surface area is 174 Å². The van der Waals surface area contributed by atoms with E-state index in [1.54, 1.807) is 6.07 Å². The van der Waals surface area contributed by atoms with Gasteiger partial charge in [0.2, 0.25) is 0 Å². The van der Waals surface area contributed by atoms with Gasteiger partial charge >= 0.3 is 0 Å². The van der Waals surface area contributed by atoms with Crippen LogP contribution in [0.15, 0.2) is 24.3 Å². The van der Waals surface area contributed by atoms with Crippen molar-refractivity contribution in [1.82, 2.24) is 0 Å². The molecule has 0 aliphatic rings. The van der Waals surface area contributed by atoms with Crippen LogP contribution in [0.3, 0.4) is 0 Å². The summed E-state index contributed by atoms with van der Waals surface area (Å²) < 4.78 is 5.32. The third kappa shape index (κ3) is 13.1. The molecule has 1 N–H and O–H groups in total. The Bertz CT molecular complexity index is 332. The number of benzene rings is 1. The predicted molar refractivity (Wildman–Crippen MR) is 92.1 cm³/mol. The van der Waals surface area contributed by atoms with Crippen molar-refractivity contribution in [2.75, 3.05) is 13.2 Å². The molecule has 1 aromatic carbocycles. The van der Waals surface area contributed by atoms with Crippen LogP contribution in [0, 0.1) is 0 Å². The van der Waals surface area contributed by atoms with Crippen LogP contribution in [0.25, 0.3) is 0 Å². The van der Waals surface area contributed by atoms with Crippen molar-refractivity contribution in [3.63, 3.8) is 0 Å². The smallest absolute Gasteiger partial charge is 0.118 e. The molecule has 0 saturated heterocycles. The van der Waals surface area contributed by atoms with E-state index in [1.165, 1.54) is 44.9 Å². The van der Waals surface area contributed by atoms with E-state index in [9.17, 15) is 5.11 Å². The molecule has 0 unspecified atom stereocenters. The topological polar surface area (TPSA) is 29.5 Å². The summed E-state index contributed by atoms with van der Waals surface area (Å²) >= 11 is 0. The second-order valence-corrected chi connectivity index (χ2v) is 5.05. The van der Waals surface area contributed by atoms with E-state index in [0.717, 1.165) is 25.2 Å². The van der Waals surface area contributed by atoms with Crippen LogP contribution in [0.4, 0.5) is 0 Å². The Balaban J connectivity index is 0. The van der Waals surface area contributed by atoms with Gasteiger partial charge in [0, 0.05) is 72.3 Å². The first-order valence-electron chi connectivity index (χ1n) is 7.69. The van der Waals surface area contributed by atoms with Crippen LogP contribution in [-0.2, 0) is 11.2 Å². The first-order valence-corrected chi connectivity index (χ1v) is 7.69. The number of para-hydroxylation sites is 1. The monoisotopic (exact) mass is 310 g/mol. The number of hydrogen-bond donors (Lipinski definition) is 1. The molecule has 0 spiro atoms.